The fraction of sp³-hybridized carbons (Fsp3) is 0.941. The summed E-state index contributed by atoms with van der Waals surface area (Å²) in [4.78, 5) is 19.6. The number of hydrogen-bond acceptors (Lipinski definition) is 4. The summed E-state index contributed by atoms with van der Waals surface area (Å²) in [7, 11) is 0. The van der Waals surface area contributed by atoms with Gasteiger partial charge in [0.1, 0.15) is 0 Å². The van der Waals surface area contributed by atoms with Crippen molar-refractivity contribution >= 4 is 5.91 Å². The molecule has 2 fully saturated rings. The van der Waals surface area contributed by atoms with Crippen LogP contribution in [0.2, 0.25) is 0 Å². The van der Waals surface area contributed by atoms with E-state index < -0.39 is 5.41 Å². The number of carbonyl (C=O) groups is 1. The van der Waals surface area contributed by atoms with E-state index in [9.17, 15) is 4.79 Å². The SMILES string of the molecule is C[C@@H]1CC[C@@H](C)N1CCN1CCN(C(=O)C(C)(C)CN)CC1. The van der Waals surface area contributed by atoms with Crippen LogP contribution < -0.4 is 5.73 Å². The van der Waals surface area contributed by atoms with E-state index in [-0.39, 0.29) is 5.91 Å². The van der Waals surface area contributed by atoms with Gasteiger partial charge in [-0.15, -0.1) is 0 Å². The molecule has 0 aliphatic carbocycles. The molecule has 2 aliphatic heterocycles. The minimum absolute atomic E-state index is 0.205. The number of piperazine rings is 1. The van der Waals surface area contributed by atoms with Crippen molar-refractivity contribution in [3.8, 4) is 0 Å². The van der Waals surface area contributed by atoms with E-state index in [1.165, 1.54) is 12.8 Å². The summed E-state index contributed by atoms with van der Waals surface area (Å²) >= 11 is 0. The average Bonchev–Trinajstić information content (AvgIpc) is 2.83. The predicted octanol–water partition coefficient (Wildman–Crippen LogP) is 0.988. The maximum Gasteiger partial charge on any atom is 0.229 e. The van der Waals surface area contributed by atoms with E-state index in [0.29, 0.717) is 6.54 Å². The molecule has 2 saturated heterocycles. The Morgan fingerprint density at radius 2 is 1.59 bits per heavy atom. The molecule has 0 spiro atoms. The highest BCUT2D eigenvalue weighted by Crippen LogP contribution is 2.23. The van der Waals surface area contributed by atoms with Crippen molar-refractivity contribution in [1.29, 1.82) is 0 Å². The Morgan fingerprint density at radius 1 is 1.05 bits per heavy atom. The van der Waals surface area contributed by atoms with Gasteiger partial charge in [-0.2, -0.15) is 0 Å². The number of carbonyl (C=O) groups excluding carboxylic acids is 1. The van der Waals surface area contributed by atoms with Crippen LogP contribution in [0, 0.1) is 5.41 Å². The van der Waals surface area contributed by atoms with Crippen molar-refractivity contribution < 1.29 is 4.79 Å². The molecular weight excluding hydrogens is 276 g/mol. The summed E-state index contributed by atoms with van der Waals surface area (Å²) in [5.41, 5.74) is 5.29. The molecular formula is C17H34N4O. The van der Waals surface area contributed by atoms with E-state index in [0.717, 1.165) is 51.4 Å². The molecule has 0 radical (unpaired) electrons. The highest BCUT2D eigenvalue weighted by atomic mass is 16.2. The second-order valence-electron chi connectivity index (χ2n) is 7.74. The van der Waals surface area contributed by atoms with Gasteiger partial charge < -0.3 is 10.6 Å². The number of hydrogen-bond donors (Lipinski definition) is 1. The summed E-state index contributed by atoms with van der Waals surface area (Å²) in [6.45, 7) is 14.9. The lowest BCUT2D eigenvalue weighted by molar-refractivity contribution is -0.141. The summed E-state index contributed by atoms with van der Waals surface area (Å²) in [5, 5.41) is 0. The average molecular weight is 310 g/mol. The van der Waals surface area contributed by atoms with Crippen molar-refractivity contribution in [2.45, 2.75) is 52.6 Å². The van der Waals surface area contributed by atoms with Gasteiger partial charge in [0.05, 0.1) is 5.41 Å². The van der Waals surface area contributed by atoms with Gasteiger partial charge in [-0.3, -0.25) is 14.6 Å². The topological polar surface area (TPSA) is 52.8 Å². The molecule has 0 unspecified atom stereocenters. The fourth-order valence-electron chi connectivity index (χ4n) is 3.64. The Hall–Kier alpha value is -0.650. The first-order valence-electron chi connectivity index (χ1n) is 8.82. The van der Waals surface area contributed by atoms with Crippen molar-refractivity contribution in [3.63, 3.8) is 0 Å². The Bertz CT molecular complexity index is 367. The Morgan fingerprint density at radius 3 is 2.09 bits per heavy atom. The third kappa shape index (κ3) is 4.00. The standard InChI is InChI=1S/C17H34N4O/c1-14-5-6-15(2)21(14)12-9-19-7-10-20(11-8-19)16(22)17(3,4)13-18/h14-15H,5-13,18H2,1-4H3/t14-,15-/m1/s1. The van der Waals surface area contributed by atoms with Crippen LogP contribution in [0.5, 0.6) is 0 Å². The minimum atomic E-state index is -0.428. The molecule has 2 atom stereocenters. The highest BCUT2D eigenvalue weighted by Gasteiger charge is 2.33. The van der Waals surface area contributed by atoms with E-state index in [1.807, 2.05) is 18.7 Å². The van der Waals surface area contributed by atoms with Gasteiger partial charge >= 0.3 is 0 Å². The van der Waals surface area contributed by atoms with Crippen LogP contribution in [0.4, 0.5) is 0 Å². The number of nitrogens with two attached hydrogens (primary N) is 1. The number of amides is 1. The molecule has 1 amide bonds. The highest BCUT2D eigenvalue weighted by molar-refractivity contribution is 5.82. The van der Waals surface area contributed by atoms with Gasteiger partial charge in [-0.25, -0.2) is 0 Å². The first kappa shape index (κ1) is 17.7. The summed E-state index contributed by atoms with van der Waals surface area (Å²) < 4.78 is 0. The fourth-order valence-corrected chi connectivity index (χ4v) is 3.64. The van der Waals surface area contributed by atoms with Crippen LogP contribution >= 0.6 is 0 Å². The van der Waals surface area contributed by atoms with Crippen LogP contribution in [-0.4, -0.2) is 78.5 Å². The molecule has 0 aromatic heterocycles. The first-order valence-corrected chi connectivity index (χ1v) is 8.82. The lowest BCUT2D eigenvalue weighted by Crippen LogP contribution is -2.54. The molecule has 128 valence electrons. The third-order valence-electron chi connectivity index (χ3n) is 5.56. The number of nitrogens with zero attached hydrogens (tertiary/aromatic N) is 3. The molecule has 2 heterocycles. The lowest BCUT2D eigenvalue weighted by atomic mass is 9.91. The smallest absolute Gasteiger partial charge is 0.229 e. The molecule has 5 heteroatoms. The molecule has 0 saturated carbocycles. The second-order valence-corrected chi connectivity index (χ2v) is 7.74. The van der Waals surface area contributed by atoms with Gasteiger partial charge in [0, 0.05) is 57.9 Å². The van der Waals surface area contributed by atoms with Crippen molar-refractivity contribution in [2.75, 3.05) is 45.8 Å². The Balaban J connectivity index is 1.74. The molecule has 2 aliphatic rings. The number of rotatable bonds is 5. The van der Waals surface area contributed by atoms with Crippen LogP contribution in [-0.2, 0) is 4.79 Å². The van der Waals surface area contributed by atoms with E-state index >= 15 is 0 Å². The Labute approximate surface area is 135 Å². The minimum Gasteiger partial charge on any atom is -0.340 e. The van der Waals surface area contributed by atoms with Crippen LogP contribution in [0.1, 0.15) is 40.5 Å². The van der Waals surface area contributed by atoms with E-state index in [1.54, 1.807) is 0 Å². The van der Waals surface area contributed by atoms with Gasteiger partial charge in [-0.1, -0.05) is 0 Å². The molecule has 2 rings (SSSR count). The van der Waals surface area contributed by atoms with E-state index in [4.69, 9.17) is 5.73 Å². The van der Waals surface area contributed by atoms with E-state index in [2.05, 4.69) is 23.6 Å². The van der Waals surface area contributed by atoms with Crippen LogP contribution in [0.15, 0.2) is 0 Å². The molecule has 5 nitrogen and oxygen atoms in total. The van der Waals surface area contributed by atoms with Gasteiger partial charge in [0.25, 0.3) is 0 Å². The summed E-state index contributed by atoms with van der Waals surface area (Å²) in [5.74, 6) is 0.205. The van der Waals surface area contributed by atoms with Crippen LogP contribution in [0.3, 0.4) is 0 Å². The second kappa shape index (κ2) is 7.28. The third-order valence-corrected chi connectivity index (χ3v) is 5.56. The van der Waals surface area contributed by atoms with Crippen molar-refractivity contribution in [3.05, 3.63) is 0 Å². The zero-order valence-electron chi connectivity index (χ0n) is 14.8. The summed E-state index contributed by atoms with van der Waals surface area (Å²) in [6, 6.07) is 1.45. The monoisotopic (exact) mass is 310 g/mol. The maximum absolute atomic E-state index is 12.4. The quantitative estimate of drug-likeness (QED) is 0.823. The van der Waals surface area contributed by atoms with Crippen molar-refractivity contribution in [1.82, 2.24) is 14.7 Å². The molecule has 22 heavy (non-hydrogen) atoms. The van der Waals surface area contributed by atoms with Crippen LogP contribution in [0.25, 0.3) is 0 Å². The number of likely N-dealkylation sites (tertiary alicyclic amines) is 1. The first-order chi connectivity index (χ1) is 10.3. The zero-order chi connectivity index (χ0) is 16.3. The van der Waals surface area contributed by atoms with Gasteiger partial charge in [0.15, 0.2) is 0 Å². The van der Waals surface area contributed by atoms with Gasteiger partial charge in [0.2, 0.25) is 5.91 Å². The molecule has 0 aromatic rings. The largest absolute Gasteiger partial charge is 0.340 e. The predicted molar refractivity (Wildman–Crippen MR) is 90.7 cm³/mol. The maximum atomic E-state index is 12.4. The normalized spacial score (nSPS) is 28.3. The molecule has 0 aromatic carbocycles. The lowest BCUT2D eigenvalue weighted by Gasteiger charge is -2.39. The van der Waals surface area contributed by atoms with Crippen molar-refractivity contribution in [2.24, 2.45) is 11.1 Å². The molecule has 2 N–H and O–H groups in total. The van der Waals surface area contributed by atoms with Gasteiger partial charge in [-0.05, 0) is 40.5 Å². The zero-order valence-corrected chi connectivity index (χ0v) is 14.8. The Kier molecular flexibility index (Phi) is 5.86. The molecule has 0 bridgehead atoms. The summed E-state index contributed by atoms with van der Waals surface area (Å²) in [6.07, 6.45) is 2.66.